The van der Waals surface area contributed by atoms with Crippen LogP contribution in [-0.4, -0.2) is 68.6 Å². The molecule has 2 aromatic carbocycles. The first-order valence-electron chi connectivity index (χ1n) is 13.7. The summed E-state index contributed by atoms with van der Waals surface area (Å²) in [6.07, 6.45) is -0.0284. The summed E-state index contributed by atoms with van der Waals surface area (Å²) in [5.74, 6) is 5.87. The van der Waals surface area contributed by atoms with Gasteiger partial charge in [-0.15, -0.1) is 0 Å². The molecule has 8 nitrogen and oxygen atoms in total. The average molecular weight is 549 g/mol. The van der Waals surface area contributed by atoms with Gasteiger partial charge >= 0.3 is 12.2 Å². The zero-order valence-electron chi connectivity index (χ0n) is 24.2. The van der Waals surface area contributed by atoms with E-state index in [1.807, 2.05) is 61.5 Å². The molecule has 0 aliphatic carbocycles. The first kappa shape index (κ1) is 29.4. The van der Waals surface area contributed by atoms with Gasteiger partial charge in [-0.1, -0.05) is 54.3 Å². The van der Waals surface area contributed by atoms with Gasteiger partial charge in [0.1, 0.15) is 11.2 Å². The molecule has 4 rings (SSSR count). The molecule has 2 unspecified atom stereocenters. The number of carbonyl (C=O) groups excluding carboxylic acids is 2. The highest BCUT2D eigenvalue weighted by molar-refractivity contribution is 5.71. The van der Waals surface area contributed by atoms with Gasteiger partial charge in [-0.25, -0.2) is 9.59 Å². The topological polar surface area (TPSA) is 99.5 Å². The highest BCUT2D eigenvalue weighted by Gasteiger charge is 2.46. The molecule has 214 valence electrons. The van der Waals surface area contributed by atoms with Crippen molar-refractivity contribution in [3.63, 3.8) is 0 Å². The number of β-amino-alcohol motifs (C(OH)–C–C–N with tert-alkyl or cyclic N) is 1. The molecule has 2 heterocycles. The fourth-order valence-electron chi connectivity index (χ4n) is 5.22. The van der Waals surface area contributed by atoms with E-state index in [2.05, 4.69) is 11.8 Å². The Morgan fingerprint density at radius 3 is 2.25 bits per heavy atom. The lowest BCUT2D eigenvalue weighted by Crippen LogP contribution is -2.63. The number of amides is 2. The van der Waals surface area contributed by atoms with Crippen LogP contribution in [0.1, 0.15) is 77.1 Å². The van der Waals surface area contributed by atoms with Crippen LogP contribution in [-0.2, 0) is 15.1 Å². The van der Waals surface area contributed by atoms with Crippen molar-refractivity contribution in [1.29, 1.82) is 0 Å². The van der Waals surface area contributed by atoms with E-state index < -0.39 is 34.6 Å². The summed E-state index contributed by atoms with van der Waals surface area (Å²) < 4.78 is 11.4. The molecule has 2 aliphatic heterocycles. The van der Waals surface area contributed by atoms with Gasteiger partial charge in [-0.05, 0) is 64.8 Å². The van der Waals surface area contributed by atoms with Crippen molar-refractivity contribution in [2.24, 2.45) is 0 Å². The van der Waals surface area contributed by atoms with Gasteiger partial charge in [0.25, 0.3) is 0 Å². The van der Waals surface area contributed by atoms with Crippen molar-refractivity contribution >= 4 is 12.2 Å². The molecule has 2 fully saturated rings. The van der Waals surface area contributed by atoms with Crippen LogP contribution in [0, 0.1) is 11.8 Å². The molecular weight excluding hydrogens is 508 g/mol. The lowest BCUT2D eigenvalue weighted by molar-refractivity contribution is -0.101. The van der Waals surface area contributed by atoms with Gasteiger partial charge in [0.15, 0.2) is 5.60 Å². The first-order valence-corrected chi connectivity index (χ1v) is 13.7. The highest BCUT2D eigenvalue weighted by atomic mass is 16.6. The minimum atomic E-state index is -1.27. The molecule has 0 saturated carbocycles. The van der Waals surface area contributed by atoms with E-state index in [4.69, 9.17) is 9.47 Å². The molecule has 0 aromatic heterocycles. The molecule has 2 amide bonds. The normalized spacial score (nSPS) is 21.4. The van der Waals surface area contributed by atoms with Crippen molar-refractivity contribution in [2.75, 3.05) is 19.6 Å². The van der Waals surface area contributed by atoms with Gasteiger partial charge in [0.05, 0.1) is 24.7 Å². The third kappa shape index (κ3) is 6.96. The number of rotatable bonds is 5. The van der Waals surface area contributed by atoms with Crippen molar-refractivity contribution in [2.45, 2.75) is 82.8 Å². The fourth-order valence-corrected chi connectivity index (χ4v) is 5.22. The number of aliphatic hydroxyl groups is 2. The van der Waals surface area contributed by atoms with Crippen LogP contribution in [0.2, 0.25) is 0 Å². The fraction of sp³-hybridized carbons (Fsp3) is 0.500. The van der Waals surface area contributed by atoms with Gasteiger partial charge in [-0.3, -0.25) is 0 Å². The van der Waals surface area contributed by atoms with Crippen LogP contribution in [0.5, 0.6) is 0 Å². The van der Waals surface area contributed by atoms with Gasteiger partial charge in [0.2, 0.25) is 0 Å². The number of ether oxygens (including phenoxy) is 2. The zero-order chi connectivity index (χ0) is 29.3. The zero-order valence-corrected chi connectivity index (χ0v) is 24.2. The first-order chi connectivity index (χ1) is 18.6. The summed E-state index contributed by atoms with van der Waals surface area (Å²) in [5, 5.41) is 21.2. The summed E-state index contributed by atoms with van der Waals surface area (Å²) in [6.45, 7) is 11.5. The number of cyclic esters (lactones) is 1. The van der Waals surface area contributed by atoms with E-state index in [1.165, 1.54) is 4.90 Å². The third-order valence-corrected chi connectivity index (χ3v) is 7.15. The monoisotopic (exact) mass is 548 g/mol. The Bertz CT molecular complexity index is 1280. The van der Waals surface area contributed by atoms with E-state index in [-0.39, 0.29) is 19.1 Å². The van der Waals surface area contributed by atoms with E-state index in [9.17, 15) is 19.8 Å². The van der Waals surface area contributed by atoms with E-state index in [1.54, 1.807) is 39.5 Å². The number of benzene rings is 2. The third-order valence-electron chi connectivity index (χ3n) is 7.15. The summed E-state index contributed by atoms with van der Waals surface area (Å²) in [5.41, 5.74) is -1.25. The molecule has 2 aliphatic rings. The predicted octanol–water partition coefficient (Wildman–Crippen LogP) is 4.98. The minimum Gasteiger partial charge on any atom is -0.444 e. The Morgan fingerprint density at radius 2 is 1.70 bits per heavy atom. The second-order valence-electron chi connectivity index (χ2n) is 12.6. The van der Waals surface area contributed by atoms with Gasteiger partial charge in [0, 0.05) is 24.9 Å². The van der Waals surface area contributed by atoms with Crippen LogP contribution in [0.4, 0.5) is 9.59 Å². The maximum absolute atomic E-state index is 13.3. The second-order valence-corrected chi connectivity index (χ2v) is 12.6. The SMILES string of the molecule is CC(c1ccc(C#CC2(O)CN(C(=O)OC(C)(C)C)C2)cc1)N1CCC(CC(C)(C)O)(c2ccccc2)OC1=O. The van der Waals surface area contributed by atoms with Crippen molar-refractivity contribution in [1.82, 2.24) is 9.80 Å². The number of hydrogen-bond donors (Lipinski definition) is 2. The predicted molar refractivity (Wildman–Crippen MR) is 151 cm³/mol. The largest absolute Gasteiger partial charge is 0.444 e. The lowest BCUT2D eigenvalue weighted by Gasteiger charge is -2.45. The van der Waals surface area contributed by atoms with Crippen LogP contribution < -0.4 is 0 Å². The molecule has 2 N–H and O–H groups in total. The molecule has 0 spiro atoms. The highest BCUT2D eigenvalue weighted by Crippen LogP contribution is 2.42. The molecule has 0 bridgehead atoms. The Hall–Kier alpha value is -3.54. The van der Waals surface area contributed by atoms with Crippen molar-refractivity contribution < 1.29 is 29.3 Å². The van der Waals surface area contributed by atoms with Gasteiger partial charge in [-0.2, -0.15) is 0 Å². The number of hydrogen-bond acceptors (Lipinski definition) is 6. The molecule has 0 radical (unpaired) electrons. The van der Waals surface area contributed by atoms with Crippen molar-refractivity contribution in [3.05, 3.63) is 71.3 Å². The summed E-state index contributed by atoms with van der Waals surface area (Å²) >= 11 is 0. The Labute approximate surface area is 236 Å². The number of nitrogens with zero attached hydrogens (tertiary/aromatic N) is 2. The standard InChI is InChI=1S/C32H40N2O6/c1-23(34-19-18-32(40-28(34)36,20-30(5,6)37)26-10-8-7-9-11-26)25-14-12-24(13-15-25)16-17-31(38)21-33(22-31)27(35)39-29(2,3)4/h7-15,23,37-38H,18-22H2,1-6H3. The lowest BCUT2D eigenvalue weighted by atomic mass is 9.80. The maximum Gasteiger partial charge on any atom is 0.411 e. The average Bonchev–Trinajstić information content (AvgIpc) is 2.84. The number of likely N-dealkylation sites (tertiary alicyclic amines) is 1. The molecule has 2 saturated heterocycles. The van der Waals surface area contributed by atoms with E-state index >= 15 is 0 Å². The molecule has 40 heavy (non-hydrogen) atoms. The van der Waals surface area contributed by atoms with Crippen LogP contribution in [0.15, 0.2) is 54.6 Å². The quantitative estimate of drug-likeness (QED) is 0.512. The smallest absolute Gasteiger partial charge is 0.411 e. The molecular formula is C32H40N2O6. The van der Waals surface area contributed by atoms with E-state index in [0.717, 1.165) is 16.7 Å². The molecule has 2 aromatic rings. The summed E-state index contributed by atoms with van der Waals surface area (Å²) in [4.78, 5) is 28.5. The van der Waals surface area contributed by atoms with Gasteiger partial charge < -0.3 is 29.5 Å². The van der Waals surface area contributed by atoms with Crippen LogP contribution in [0.3, 0.4) is 0 Å². The maximum atomic E-state index is 13.3. The molecule has 2 atom stereocenters. The Kier molecular flexibility index (Phi) is 7.94. The van der Waals surface area contributed by atoms with Crippen LogP contribution in [0.25, 0.3) is 0 Å². The van der Waals surface area contributed by atoms with Crippen molar-refractivity contribution in [3.8, 4) is 11.8 Å². The van der Waals surface area contributed by atoms with Crippen LogP contribution >= 0.6 is 0 Å². The molecule has 8 heteroatoms. The van der Waals surface area contributed by atoms with E-state index in [0.29, 0.717) is 19.4 Å². The summed E-state index contributed by atoms with van der Waals surface area (Å²) in [6, 6.07) is 16.9. The second kappa shape index (κ2) is 10.8. The Morgan fingerprint density at radius 1 is 1.07 bits per heavy atom. The summed E-state index contributed by atoms with van der Waals surface area (Å²) in [7, 11) is 0. The minimum absolute atomic E-state index is 0.0963. The Balaban J connectivity index is 1.39. The number of carbonyl (C=O) groups is 2.